The van der Waals surface area contributed by atoms with Crippen LogP contribution in [0.15, 0.2) is 5.16 Å². The van der Waals surface area contributed by atoms with Gasteiger partial charge in [-0.15, -0.1) is 0 Å². The molecule has 60 valence electrons. The Kier molecular flexibility index (Phi) is 3.36. The first-order valence-electron chi connectivity index (χ1n) is 3.58. The Bertz CT molecular complexity index is 128. The normalized spacial score (nSPS) is 13.8. The summed E-state index contributed by atoms with van der Waals surface area (Å²) in [5.74, 6) is 0. The maximum absolute atomic E-state index is 8.44. The highest BCUT2D eigenvalue weighted by Crippen LogP contribution is 2.12. The van der Waals surface area contributed by atoms with Crippen LogP contribution in [0.3, 0.4) is 0 Å². The lowest BCUT2D eigenvalue weighted by Crippen LogP contribution is -2.45. The van der Waals surface area contributed by atoms with Crippen LogP contribution in [0.4, 0.5) is 0 Å². The molecular formula is C7H16N2O. The van der Waals surface area contributed by atoms with Crippen LogP contribution in [0.5, 0.6) is 0 Å². The summed E-state index contributed by atoms with van der Waals surface area (Å²) in [6, 6.07) is 0. The highest BCUT2D eigenvalue weighted by molar-refractivity contribution is 5.90. The molecule has 0 saturated heterocycles. The van der Waals surface area contributed by atoms with Gasteiger partial charge >= 0.3 is 0 Å². The fourth-order valence-electron chi connectivity index (χ4n) is 0.861. The van der Waals surface area contributed by atoms with Crippen LogP contribution in [-0.4, -0.2) is 16.5 Å². The van der Waals surface area contributed by atoms with Crippen molar-refractivity contribution in [2.75, 3.05) is 0 Å². The molecule has 0 aromatic heterocycles. The van der Waals surface area contributed by atoms with Gasteiger partial charge in [-0.2, -0.15) is 0 Å². The highest BCUT2D eigenvalue weighted by Gasteiger charge is 2.23. The van der Waals surface area contributed by atoms with Gasteiger partial charge < -0.3 is 10.9 Å². The van der Waals surface area contributed by atoms with Gasteiger partial charge in [-0.1, -0.05) is 19.0 Å². The lowest BCUT2D eigenvalue weighted by molar-refractivity contribution is 0.310. The van der Waals surface area contributed by atoms with Crippen LogP contribution in [0, 0.1) is 0 Å². The predicted octanol–water partition coefficient (Wildman–Crippen LogP) is 1.35. The van der Waals surface area contributed by atoms with Crippen molar-refractivity contribution in [2.24, 2.45) is 10.9 Å². The van der Waals surface area contributed by atoms with Crippen LogP contribution in [-0.2, 0) is 0 Å². The lowest BCUT2D eigenvalue weighted by Gasteiger charge is -2.24. The summed E-state index contributed by atoms with van der Waals surface area (Å²) in [4.78, 5) is 0. The molecule has 10 heavy (non-hydrogen) atoms. The topological polar surface area (TPSA) is 58.6 Å². The van der Waals surface area contributed by atoms with Gasteiger partial charge in [0.05, 0.1) is 11.3 Å². The Morgan fingerprint density at radius 3 is 2.00 bits per heavy atom. The Labute approximate surface area is 61.9 Å². The summed E-state index contributed by atoms with van der Waals surface area (Å²) in [5.41, 5.74) is 6.06. The van der Waals surface area contributed by atoms with Gasteiger partial charge in [0.25, 0.3) is 0 Å². The van der Waals surface area contributed by atoms with Gasteiger partial charge in [-0.25, -0.2) is 0 Å². The third-order valence-corrected chi connectivity index (χ3v) is 2.13. The highest BCUT2D eigenvalue weighted by atomic mass is 16.4. The summed E-state index contributed by atoms with van der Waals surface area (Å²) in [6.07, 6.45) is 1.61. The summed E-state index contributed by atoms with van der Waals surface area (Å²) in [5, 5.41) is 11.5. The van der Waals surface area contributed by atoms with E-state index >= 15 is 0 Å². The third kappa shape index (κ3) is 1.70. The van der Waals surface area contributed by atoms with E-state index in [1.54, 1.807) is 6.92 Å². The molecule has 3 nitrogen and oxygen atoms in total. The molecule has 0 saturated carbocycles. The first-order chi connectivity index (χ1) is 4.60. The maximum Gasteiger partial charge on any atom is 0.0737 e. The van der Waals surface area contributed by atoms with E-state index in [9.17, 15) is 0 Å². The minimum absolute atomic E-state index is 0.408. The maximum atomic E-state index is 8.44. The summed E-state index contributed by atoms with van der Waals surface area (Å²) in [7, 11) is 0. The van der Waals surface area contributed by atoms with E-state index < -0.39 is 5.54 Å². The molecular weight excluding hydrogens is 128 g/mol. The molecule has 0 fully saturated rings. The number of nitrogens with zero attached hydrogens (tertiary/aromatic N) is 1. The SMILES string of the molecule is CCC(N)(CC)/C(C)=N/O. The zero-order chi connectivity index (χ0) is 8.20. The standard InChI is InChI=1S/C7H16N2O/c1-4-7(8,5-2)6(3)9-10/h10H,4-5,8H2,1-3H3/b9-6+. The molecule has 0 rings (SSSR count). The van der Waals surface area contributed by atoms with Gasteiger partial charge in [0.2, 0.25) is 0 Å². The molecule has 0 aliphatic rings. The fourth-order valence-corrected chi connectivity index (χ4v) is 0.861. The smallest absolute Gasteiger partial charge is 0.0737 e. The van der Waals surface area contributed by atoms with Crippen LogP contribution in [0.25, 0.3) is 0 Å². The van der Waals surface area contributed by atoms with Crippen molar-refractivity contribution in [3.63, 3.8) is 0 Å². The molecule has 0 atom stereocenters. The molecule has 0 aliphatic carbocycles. The van der Waals surface area contributed by atoms with Crippen molar-refractivity contribution in [3.05, 3.63) is 0 Å². The van der Waals surface area contributed by atoms with Crippen molar-refractivity contribution < 1.29 is 5.21 Å². The molecule has 0 bridgehead atoms. The van der Waals surface area contributed by atoms with E-state index in [2.05, 4.69) is 5.16 Å². The molecule has 0 radical (unpaired) electrons. The molecule has 0 aromatic carbocycles. The van der Waals surface area contributed by atoms with Crippen LogP contribution < -0.4 is 5.73 Å². The first kappa shape index (κ1) is 9.43. The molecule has 3 heteroatoms. The number of nitrogens with two attached hydrogens (primary N) is 1. The fraction of sp³-hybridized carbons (Fsp3) is 0.857. The molecule has 0 unspecified atom stereocenters. The van der Waals surface area contributed by atoms with E-state index in [1.807, 2.05) is 13.8 Å². The van der Waals surface area contributed by atoms with E-state index in [0.717, 1.165) is 12.8 Å². The van der Waals surface area contributed by atoms with Crippen molar-refractivity contribution in [1.82, 2.24) is 0 Å². The average molecular weight is 144 g/mol. The number of rotatable bonds is 3. The largest absolute Gasteiger partial charge is 0.411 e. The van der Waals surface area contributed by atoms with Crippen LogP contribution in [0.1, 0.15) is 33.6 Å². The van der Waals surface area contributed by atoms with Crippen molar-refractivity contribution in [1.29, 1.82) is 0 Å². The second-order valence-electron chi connectivity index (χ2n) is 2.55. The minimum atomic E-state index is -0.408. The zero-order valence-corrected chi connectivity index (χ0v) is 6.89. The summed E-state index contributed by atoms with van der Waals surface area (Å²) < 4.78 is 0. The second kappa shape index (κ2) is 3.56. The molecule has 0 aliphatic heterocycles. The average Bonchev–Trinajstić information content (AvgIpc) is 2.01. The van der Waals surface area contributed by atoms with Crippen molar-refractivity contribution >= 4 is 5.71 Å². The monoisotopic (exact) mass is 144 g/mol. The molecule has 0 aromatic rings. The zero-order valence-electron chi connectivity index (χ0n) is 6.89. The Balaban J connectivity index is 4.32. The van der Waals surface area contributed by atoms with E-state index in [1.165, 1.54) is 0 Å². The van der Waals surface area contributed by atoms with Crippen LogP contribution >= 0.6 is 0 Å². The lowest BCUT2D eigenvalue weighted by atomic mass is 9.89. The van der Waals surface area contributed by atoms with Gasteiger partial charge in [0.15, 0.2) is 0 Å². The Morgan fingerprint density at radius 1 is 1.50 bits per heavy atom. The van der Waals surface area contributed by atoms with Gasteiger partial charge in [0.1, 0.15) is 0 Å². The van der Waals surface area contributed by atoms with Crippen molar-refractivity contribution in [2.45, 2.75) is 39.2 Å². The molecule has 0 heterocycles. The van der Waals surface area contributed by atoms with E-state index in [0.29, 0.717) is 5.71 Å². The Hall–Kier alpha value is -0.570. The van der Waals surface area contributed by atoms with E-state index in [-0.39, 0.29) is 0 Å². The van der Waals surface area contributed by atoms with Crippen molar-refractivity contribution in [3.8, 4) is 0 Å². The molecule has 3 N–H and O–H groups in total. The molecule has 0 spiro atoms. The summed E-state index contributed by atoms with van der Waals surface area (Å²) in [6.45, 7) is 5.71. The molecule has 0 amide bonds. The van der Waals surface area contributed by atoms with Gasteiger partial charge in [0, 0.05) is 0 Å². The van der Waals surface area contributed by atoms with Crippen LogP contribution in [0.2, 0.25) is 0 Å². The third-order valence-electron chi connectivity index (χ3n) is 2.13. The number of hydrogen-bond acceptors (Lipinski definition) is 3. The number of oxime groups is 1. The quantitative estimate of drug-likeness (QED) is 0.357. The van der Waals surface area contributed by atoms with Gasteiger partial charge in [-0.05, 0) is 19.8 Å². The minimum Gasteiger partial charge on any atom is -0.411 e. The predicted molar refractivity (Wildman–Crippen MR) is 42.4 cm³/mol. The van der Waals surface area contributed by atoms with E-state index in [4.69, 9.17) is 10.9 Å². The van der Waals surface area contributed by atoms with Gasteiger partial charge in [-0.3, -0.25) is 0 Å². The summed E-state index contributed by atoms with van der Waals surface area (Å²) >= 11 is 0. The second-order valence-corrected chi connectivity index (χ2v) is 2.55. The first-order valence-corrected chi connectivity index (χ1v) is 3.58. The Morgan fingerprint density at radius 2 is 1.90 bits per heavy atom. The number of hydrogen-bond donors (Lipinski definition) is 2.